The summed E-state index contributed by atoms with van der Waals surface area (Å²) in [5.74, 6) is 0.248. The van der Waals surface area contributed by atoms with Crippen LogP contribution in [0.4, 0.5) is 4.39 Å². The van der Waals surface area contributed by atoms with Crippen molar-refractivity contribution in [2.45, 2.75) is 19.9 Å². The lowest BCUT2D eigenvalue weighted by atomic mass is 10.1. The highest BCUT2D eigenvalue weighted by molar-refractivity contribution is 5.76. The molecule has 1 aromatic carbocycles. The molecule has 0 spiro atoms. The number of methoxy groups -OCH3 is 1. The number of carbonyl (C=O) groups is 1. The van der Waals surface area contributed by atoms with E-state index in [2.05, 4.69) is 5.32 Å². The van der Waals surface area contributed by atoms with Crippen molar-refractivity contribution in [3.63, 3.8) is 0 Å². The van der Waals surface area contributed by atoms with Crippen LogP contribution in [0.2, 0.25) is 0 Å². The van der Waals surface area contributed by atoms with Crippen LogP contribution >= 0.6 is 0 Å². The molecule has 1 atom stereocenters. The van der Waals surface area contributed by atoms with E-state index < -0.39 is 0 Å². The van der Waals surface area contributed by atoms with Crippen LogP contribution in [0.15, 0.2) is 18.2 Å². The Morgan fingerprint density at radius 1 is 1.56 bits per heavy atom. The maximum absolute atomic E-state index is 13.1. The van der Waals surface area contributed by atoms with Crippen molar-refractivity contribution in [3.8, 4) is 5.75 Å². The van der Waals surface area contributed by atoms with Gasteiger partial charge in [0.2, 0.25) is 5.91 Å². The Labute approximate surface area is 106 Å². The van der Waals surface area contributed by atoms with Crippen molar-refractivity contribution < 1.29 is 13.9 Å². The quantitative estimate of drug-likeness (QED) is 0.807. The zero-order valence-corrected chi connectivity index (χ0v) is 10.7. The molecule has 0 saturated heterocycles. The summed E-state index contributed by atoms with van der Waals surface area (Å²) in [6.07, 6.45) is 0.369. The minimum Gasteiger partial charge on any atom is -0.496 e. The molecule has 0 fully saturated rings. The smallest absolute Gasteiger partial charge is 0.220 e. The molecule has 0 radical (unpaired) electrons. The first-order valence-electron chi connectivity index (χ1n) is 5.86. The molecule has 0 bridgehead atoms. The van der Waals surface area contributed by atoms with E-state index in [9.17, 15) is 9.18 Å². The monoisotopic (exact) mass is 254 g/mol. The number of hydrogen-bond acceptors (Lipinski definition) is 3. The fourth-order valence-electron chi connectivity index (χ4n) is 1.55. The molecule has 0 aliphatic carbocycles. The molecule has 5 heteroatoms. The lowest BCUT2D eigenvalue weighted by Gasteiger charge is -2.11. The van der Waals surface area contributed by atoms with Crippen molar-refractivity contribution >= 4 is 5.91 Å². The number of ether oxygens (including phenoxy) is 1. The SMILES string of the molecule is COc1ccc(F)cc1CNC(=O)CC(C)CN. The van der Waals surface area contributed by atoms with E-state index in [4.69, 9.17) is 10.5 Å². The van der Waals surface area contributed by atoms with Gasteiger partial charge in [-0.2, -0.15) is 0 Å². The Morgan fingerprint density at radius 2 is 2.28 bits per heavy atom. The maximum atomic E-state index is 13.1. The fraction of sp³-hybridized carbons (Fsp3) is 0.462. The zero-order valence-electron chi connectivity index (χ0n) is 10.7. The second-order valence-electron chi connectivity index (χ2n) is 4.28. The Hall–Kier alpha value is -1.62. The maximum Gasteiger partial charge on any atom is 0.220 e. The van der Waals surface area contributed by atoms with Gasteiger partial charge in [-0.05, 0) is 30.7 Å². The summed E-state index contributed by atoms with van der Waals surface area (Å²) >= 11 is 0. The molecular formula is C13H19FN2O2. The van der Waals surface area contributed by atoms with Gasteiger partial charge >= 0.3 is 0 Å². The molecule has 1 amide bonds. The Kier molecular flexibility index (Phi) is 5.58. The number of hydrogen-bond donors (Lipinski definition) is 2. The van der Waals surface area contributed by atoms with Crippen LogP contribution in [-0.4, -0.2) is 19.6 Å². The molecular weight excluding hydrogens is 235 g/mol. The standard InChI is InChI=1S/C13H19FN2O2/c1-9(7-15)5-13(17)16-8-10-6-11(14)3-4-12(10)18-2/h3-4,6,9H,5,7-8,15H2,1-2H3,(H,16,17). The van der Waals surface area contributed by atoms with Crippen LogP contribution in [0.3, 0.4) is 0 Å². The van der Waals surface area contributed by atoms with Gasteiger partial charge < -0.3 is 15.8 Å². The molecule has 0 aliphatic heterocycles. The van der Waals surface area contributed by atoms with Crippen molar-refractivity contribution in [3.05, 3.63) is 29.6 Å². The summed E-state index contributed by atoms with van der Waals surface area (Å²) < 4.78 is 18.2. The highest BCUT2D eigenvalue weighted by Gasteiger charge is 2.09. The first-order chi connectivity index (χ1) is 8.56. The van der Waals surface area contributed by atoms with Crippen molar-refractivity contribution in [1.82, 2.24) is 5.32 Å². The van der Waals surface area contributed by atoms with Gasteiger partial charge in [0.15, 0.2) is 0 Å². The van der Waals surface area contributed by atoms with Crippen LogP contribution in [-0.2, 0) is 11.3 Å². The molecule has 3 N–H and O–H groups in total. The minimum atomic E-state index is -0.352. The van der Waals surface area contributed by atoms with Gasteiger partial charge in [-0.25, -0.2) is 4.39 Å². The van der Waals surface area contributed by atoms with Gasteiger partial charge in [-0.3, -0.25) is 4.79 Å². The highest BCUT2D eigenvalue weighted by Crippen LogP contribution is 2.19. The van der Waals surface area contributed by atoms with Gasteiger partial charge in [0, 0.05) is 18.5 Å². The lowest BCUT2D eigenvalue weighted by Crippen LogP contribution is -2.26. The molecule has 0 aromatic heterocycles. The molecule has 1 rings (SSSR count). The number of benzene rings is 1. The molecule has 0 saturated carbocycles. The highest BCUT2D eigenvalue weighted by atomic mass is 19.1. The number of nitrogens with one attached hydrogen (secondary N) is 1. The van der Waals surface area contributed by atoms with Gasteiger partial charge in [-0.1, -0.05) is 6.92 Å². The second kappa shape index (κ2) is 6.96. The summed E-state index contributed by atoms with van der Waals surface area (Å²) in [5.41, 5.74) is 6.06. The summed E-state index contributed by atoms with van der Waals surface area (Å²) in [6.45, 7) is 2.62. The largest absolute Gasteiger partial charge is 0.496 e. The van der Waals surface area contributed by atoms with Crippen molar-refractivity contribution in [2.75, 3.05) is 13.7 Å². The van der Waals surface area contributed by atoms with Crippen molar-refractivity contribution in [1.29, 1.82) is 0 Å². The minimum absolute atomic E-state index is 0.0979. The zero-order chi connectivity index (χ0) is 13.5. The van der Waals surface area contributed by atoms with Crippen LogP contribution in [0.1, 0.15) is 18.9 Å². The molecule has 100 valence electrons. The molecule has 0 aliphatic rings. The van der Waals surface area contributed by atoms with Gasteiger partial charge in [0.25, 0.3) is 0 Å². The van der Waals surface area contributed by atoms with Crippen molar-refractivity contribution in [2.24, 2.45) is 11.7 Å². The number of carbonyl (C=O) groups excluding carboxylic acids is 1. The third kappa shape index (κ3) is 4.33. The molecule has 4 nitrogen and oxygen atoms in total. The van der Waals surface area contributed by atoms with Gasteiger partial charge in [-0.15, -0.1) is 0 Å². The van der Waals surface area contributed by atoms with Gasteiger partial charge in [0.05, 0.1) is 7.11 Å². The van der Waals surface area contributed by atoms with E-state index >= 15 is 0 Å². The molecule has 1 unspecified atom stereocenters. The van der Waals surface area contributed by atoms with Crippen LogP contribution in [0.25, 0.3) is 0 Å². The predicted octanol–water partition coefficient (Wildman–Crippen LogP) is 1.44. The first-order valence-corrected chi connectivity index (χ1v) is 5.86. The molecule has 18 heavy (non-hydrogen) atoms. The summed E-state index contributed by atoms with van der Waals surface area (Å²) in [5, 5.41) is 2.72. The Balaban J connectivity index is 2.57. The number of nitrogens with two attached hydrogens (primary N) is 1. The van der Waals surface area contributed by atoms with E-state index in [0.717, 1.165) is 0 Å². The normalized spacial score (nSPS) is 12.0. The van der Waals surface area contributed by atoms with E-state index in [-0.39, 0.29) is 24.2 Å². The first kappa shape index (κ1) is 14.4. The van der Waals surface area contributed by atoms with E-state index in [1.165, 1.54) is 19.2 Å². The molecule has 1 aromatic rings. The summed E-state index contributed by atoms with van der Waals surface area (Å²) in [6, 6.07) is 4.21. The number of amides is 1. The third-order valence-corrected chi connectivity index (χ3v) is 2.65. The van der Waals surface area contributed by atoms with Gasteiger partial charge in [0.1, 0.15) is 11.6 Å². The number of rotatable bonds is 6. The average molecular weight is 254 g/mol. The average Bonchev–Trinajstić information content (AvgIpc) is 2.36. The Morgan fingerprint density at radius 3 is 2.89 bits per heavy atom. The van der Waals surface area contributed by atoms with Crippen LogP contribution in [0.5, 0.6) is 5.75 Å². The predicted molar refractivity (Wildman–Crippen MR) is 67.6 cm³/mol. The summed E-state index contributed by atoms with van der Waals surface area (Å²) in [7, 11) is 1.51. The van der Waals surface area contributed by atoms with E-state index in [1.807, 2.05) is 6.92 Å². The fourth-order valence-corrected chi connectivity index (χ4v) is 1.55. The van der Waals surface area contributed by atoms with Crippen LogP contribution in [0, 0.1) is 11.7 Å². The Bertz CT molecular complexity index is 410. The molecule has 0 heterocycles. The van der Waals surface area contributed by atoms with Crippen LogP contribution < -0.4 is 15.8 Å². The second-order valence-corrected chi connectivity index (χ2v) is 4.28. The topological polar surface area (TPSA) is 64.3 Å². The van der Waals surface area contributed by atoms with E-state index in [1.54, 1.807) is 6.07 Å². The third-order valence-electron chi connectivity index (χ3n) is 2.65. The lowest BCUT2D eigenvalue weighted by molar-refractivity contribution is -0.122. The van der Waals surface area contributed by atoms with E-state index in [0.29, 0.717) is 24.3 Å². The summed E-state index contributed by atoms with van der Waals surface area (Å²) in [4.78, 5) is 11.6. The number of halogens is 1.